The first-order valence-corrected chi connectivity index (χ1v) is 12.3. The molecule has 0 radical (unpaired) electrons. The van der Waals surface area contributed by atoms with Crippen molar-refractivity contribution in [3.63, 3.8) is 0 Å². The van der Waals surface area contributed by atoms with Gasteiger partial charge in [0.05, 0.1) is 17.6 Å². The average molecular weight is 461 g/mol. The first-order valence-electron chi connectivity index (χ1n) is 12.3. The van der Waals surface area contributed by atoms with Crippen LogP contribution >= 0.6 is 0 Å². The van der Waals surface area contributed by atoms with E-state index in [0.717, 1.165) is 62.5 Å². The predicted octanol–water partition coefficient (Wildman–Crippen LogP) is 3.78. The molecule has 0 unspecified atom stereocenters. The van der Waals surface area contributed by atoms with Crippen LogP contribution in [0.3, 0.4) is 0 Å². The van der Waals surface area contributed by atoms with E-state index in [0.29, 0.717) is 6.42 Å². The molecule has 0 atom stereocenters. The molecule has 7 heteroatoms. The summed E-state index contributed by atoms with van der Waals surface area (Å²) in [5, 5.41) is 8.50. The Morgan fingerprint density at radius 3 is 2.38 bits per heavy atom. The monoisotopic (exact) mass is 460 g/mol. The number of carbonyl (C=O) groups is 1. The Bertz CT molecular complexity index is 1040. The van der Waals surface area contributed by atoms with E-state index in [1.807, 2.05) is 67.1 Å². The fourth-order valence-electron chi connectivity index (χ4n) is 4.64. The fraction of sp³-hybridized carbons (Fsp3) is 0.444. The smallest absolute Gasteiger partial charge is 0.226 e. The van der Waals surface area contributed by atoms with Crippen molar-refractivity contribution >= 4 is 11.6 Å². The number of amides is 1. The summed E-state index contributed by atoms with van der Waals surface area (Å²) in [7, 11) is 4.06. The van der Waals surface area contributed by atoms with Gasteiger partial charge in [-0.05, 0) is 63.2 Å². The van der Waals surface area contributed by atoms with Crippen molar-refractivity contribution in [2.75, 3.05) is 38.6 Å². The molecule has 1 aliphatic heterocycles. The molecule has 1 aromatic heterocycles. The highest BCUT2D eigenvalue weighted by molar-refractivity contribution is 5.93. The largest absolute Gasteiger partial charge is 0.309 e. The number of benzene rings is 2. The molecule has 0 saturated carbocycles. The van der Waals surface area contributed by atoms with Crippen LogP contribution in [0.5, 0.6) is 0 Å². The van der Waals surface area contributed by atoms with E-state index >= 15 is 0 Å². The van der Waals surface area contributed by atoms with Crippen LogP contribution in [-0.2, 0) is 17.8 Å². The summed E-state index contributed by atoms with van der Waals surface area (Å²) < 4.78 is 1.84. The number of nitrogens with zero attached hydrogens (tertiary/aromatic N) is 6. The lowest BCUT2D eigenvalue weighted by Crippen LogP contribution is -2.47. The Morgan fingerprint density at radius 1 is 1.03 bits per heavy atom. The molecular weight excluding hydrogens is 424 g/mol. The summed E-state index contributed by atoms with van der Waals surface area (Å²) in [5.41, 5.74) is 4.34. The number of rotatable bonds is 9. The normalized spacial score (nSPS) is 15.1. The highest BCUT2D eigenvalue weighted by Crippen LogP contribution is 2.25. The number of piperidine rings is 1. The fourth-order valence-corrected chi connectivity index (χ4v) is 4.64. The number of likely N-dealkylation sites (tertiary alicyclic amines) is 1. The Balaban J connectivity index is 1.28. The van der Waals surface area contributed by atoms with Gasteiger partial charge in [-0.3, -0.25) is 4.79 Å². The molecule has 4 rings (SSSR count). The minimum Gasteiger partial charge on any atom is -0.309 e. The number of anilines is 1. The summed E-state index contributed by atoms with van der Waals surface area (Å²) in [5.74, 6) is 0.214. The van der Waals surface area contributed by atoms with Crippen LogP contribution in [0.4, 0.5) is 5.69 Å². The van der Waals surface area contributed by atoms with E-state index in [-0.39, 0.29) is 11.9 Å². The molecule has 3 aromatic rings. The number of aromatic nitrogens is 3. The maximum Gasteiger partial charge on any atom is 0.226 e. The molecule has 180 valence electrons. The van der Waals surface area contributed by atoms with E-state index < -0.39 is 0 Å². The molecule has 2 aromatic carbocycles. The van der Waals surface area contributed by atoms with Gasteiger partial charge in [-0.2, -0.15) is 0 Å². The summed E-state index contributed by atoms with van der Waals surface area (Å²) >= 11 is 0. The number of hydrogen-bond acceptors (Lipinski definition) is 5. The Morgan fingerprint density at radius 2 is 1.74 bits per heavy atom. The van der Waals surface area contributed by atoms with Gasteiger partial charge in [0.15, 0.2) is 0 Å². The molecule has 2 heterocycles. The number of para-hydroxylation sites is 1. The average Bonchev–Trinajstić information content (AvgIpc) is 3.32. The lowest BCUT2D eigenvalue weighted by atomic mass is 10.0. The van der Waals surface area contributed by atoms with Crippen molar-refractivity contribution in [3.8, 4) is 5.69 Å². The minimum absolute atomic E-state index is 0.214. The molecule has 1 aliphatic rings. The summed E-state index contributed by atoms with van der Waals surface area (Å²) in [6.45, 7) is 5.82. The molecule has 1 fully saturated rings. The SMILES string of the molecule is CCC(=O)N(c1ccccc1)C1CCN(CCc2ccc(-n3cc(CN(C)C)nn3)cc2)CC1. The third-order valence-corrected chi connectivity index (χ3v) is 6.46. The second-order valence-corrected chi connectivity index (χ2v) is 9.33. The maximum atomic E-state index is 12.7. The van der Waals surface area contributed by atoms with Gasteiger partial charge in [0.2, 0.25) is 5.91 Å². The first kappa shape index (κ1) is 24.1. The zero-order valence-electron chi connectivity index (χ0n) is 20.6. The summed E-state index contributed by atoms with van der Waals surface area (Å²) in [6.07, 6.45) is 5.57. The van der Waals surface area contributed by atoms with Crippen LogP contribution in [0.2, 0.25) is 0 Å². The molecule has 34 heavy (non-hydrogen) atoms. The summed E-state index contributed by atoms with van der Waals surface area (Å²) in [4.78, 5) is 19.3. The van der Waals surface area contributed by atoms with Crippen molar-refractivity contribution in [1.82, 2.24) is 24.8 Å². The van der Waals surface area contributed by atoms with E-state index in [1.165, 1.54) is 5.56 Å². The van der Waals surface area contributed by atoms with E-state index in [1.54, 1.807) is 0 Å². The van der Waals surface area contributed by atoms with Gasteiger partial charge in [0, 0.05) is 44.3 Å². The highest BCUT2D eigenvalue weighted by Gasteiger charge is 2.28. The second kappa shape index (κ2) is 11.4. The molecule has 0 N–H and O–H groups in total. The van der Waals surface area contributed by atoms with Crippen LogP contribution in [0.1, 0.15) is 37.4 Å². The molecule has 1 amide bonds. The van der Waals surface area contributed by atoms with Gasteiger partial charge in [0.25, 0.3) is 0 Å². The maximum absolute atomic E-state index is 12.7. The lowest BCUT2D eigenvalue weighted by Gasteiger charge is -2.38. The van der Waals surface area contributed by atoms with Crippen LogP contribution < -0.4 is 4.90 Å². The third kappa shape index (κ3) is 6.10. The number of carbonyl (C=O) groups excluding carboxylic acids is 1. The van der Waals surface area contributed by atoms with Crippen LogP contribution in [0.15, 0.2) is 60.8 Å². The highest BCUT2D eigenvalue weighted by atomic mass is 16.2. The Hall–Kier alpha value is -3.03. The quantitative estimate of drug-likeness (QED) is 0.486. The second-order valence-electron chi connectivity index (χ2n) is 9.33. The molecule has 1 saturated heterocycles. The van der Waals surface area contributed by atoms with Crippen LogP contribution in [0.25, 0.3) is 5.69 Å². The standard InChI is InChI=1S/C27H36N6O/c1-4-27(34)33(25-8-6-5-7-9-25)26-15-18-31(19-16-26)17-14-22-10-12-24(13-11-22)32-21-23(28-29-32)20-30(2)3/h5-13,21,26H,4,14-20H2,1-3H3. The van der Waals surface area contributed by atoms with Gasteiger partial charge >= 0.3 is 0 Å². The Labute approximate surface area is 203 Å². The van der Waals surface area contributed by atoms with Crippen LogP contribution in [-0.4, -0.2) is 70.5 Å². The van der Waals surface area contributed by atoms with Gasteiger partial charge in [0.1, 0.15) is 0 Å². The van der Waals surface area contributed by atoms with Crippen molar-refractivity contribution in [2.45, 2.75) is 45.2 Å². The van der Waals surface area contributed by atoms with Gasteiger partial charge in [-0.1, -0.05) is 42.5 Å². The summed E-state index contributed by atoms with van der Waals surface area (Å²) in [6, 6.07) is 19.0. The first-order chi connectivity index (χ1) is 16.5. The molecule has 0 bridgehead atoms. The lowest BCUT2D eigenvalue weighted by molar-refractivity contribution is -0.119. The minimum atomic E-state index is 0.214. The zero-order valence-corrected chi connectivity index (χ0v) is 20.6. The van der Waals surface area contributed by atoms with E-state index in [4.69, 9.17) is 0 Å². The van der Waals surface area contributed by atoms with Gasteiger partial charge in [-0.15, -0.1) is 5.10 Å². The van der Waals surface area contributed by atoms with Crippen molar-refractivity contribution in [3.05, 3.63) is 72.1 Å². The Kier molecular flexibility index (Phi) is 8.08. The van der Waals surface area contributed by atoms with Gasteiger partial charge in [-0.25, -0.2) is 4.68 Å². The molecule has 0 aliphatic carbocycles. The van der Waals surface area contributed by atoms with E-state index in [2.05, 4.69) is 44.4 Å². The van der Waals surface area contributed by atoms with Crippen molar-refractivity contribution in [1.29, 1.82) is 0 Å². The number of hydrogen-bond donors (Lipinski definition) is 0. The molecular formula is C27H36N6O. The van der Waals surface area contributed by atoms with Crippen LogP contribution in [0, 0.1) is 0 Å². The molecule has 0 spiro atoms. The zero-order chi connectivity index (χ0) is 23.9. The van der Waals surface area contributed by atoms with E-state index in [9.17, 15) is 4.79 Å². The topological polar surface area (TPSA) is 57.5 Å². The van der Waals surface area contributed by atoms with Gasteiger partial charge < -0.3 is 14.7 Å². The predicted molar refractivity (Wildman–Crippen MR) is 136 cm³/mol. The van der Waals surface area contributed by atoms with Crippen molar-refractivity contribution in [2.24, 2.45) is 0 Å². The third-order valence-electron chi connectivity index (χ3n) is 6.46. The van der Waals surface area contributed by atoms with Crippen molar-refractivity contribution < 1.29 is 4.79 Å². The molecule has 7 nitrogen and oxygen atoms in total.